The van der Waals surface area contributed by atoms with E-state index in [0.717, 1.165) is 0 Å². The Morgan fingerprint density at radius 2 is 1.96 bits per heavy atom. The molecule has 6 nitrogen and oxygen atoms in total. The Morgan fingerprint density at radius 3 is 2.56 bits per heavy atom. The molecule has 0 radical (unpaired) electrons. The van der Waals surface area contributed by atoms with Gasteiger partial charge in [0.2, 0.25) is 10.0 Å². The van der Waals surface area contributed by atoms with E-state index in [2.05, 4.69) is 36.6 Å². The minimum Gasteiger partial charge on any atom is -0.444 e. The lowest BCUT2D eigenvalue weighted by molar-refractivity contribution is 0.0236. The van der Waals surface area contributed by atoms with Crippen LogP contribution in [-0.2, 0) is 14.8 Å². The average molecular weight is 498 g/mol. The van der Waals surface area contributed by atoms with Crippen molar-refractivity contribution < 1.29 is 17.9 Å². The zero-order chi connectivity index (χ0) is 19.0. The van der Waals surface area contributed by atoms with Gasteiger partial charge < -0.3 is 9.64 Å². The third kappa shape index (κ3) is 5.42. The molecule has 0 saturated carbocycles. The van der Waals surface area contributed by atoms with Crippen LogP contribution < -0.4 is 4.72 Å². The number of carbonyl (C=O) groups excluding carboxylic acids is 1. The molecule has 1 aliphatic rings. The summed E-state index contributed by atoms with van der Waals surface area (Å²) in [6.45, 7) is 7.57. The molecule has 0 spiro atoms. The van der Waals surface area contributed by atoms with Crippen LogP contribution in [0.15, 0.2) is 32.0 Å². The first-order valence-corrected chi connectivity index (χ1v) is 10.9. The first-order chi connectivity index (χ1) is 11.4. The van der Waals surface area contributed by atoms with Crippen LogP contribution in [0.3, 0.4) is 0 Å². The second kappa shape index (κ2) is 7.54. The van der Waals surface area contributed by atoms with E-state index >= 15 is 0 Å². The Bertz CT molecular complexity index is 762. The summed E-state index contributed by atoms with van der Waals surface area (Å²) < 4.78 is 34.6. The van der Waals surface area contributed by atoms with Crippen LogP contribution in [-0.4, -0.2) is 43.6 Å². The predicted molar refractivity (Wildman–Crippen MR) is 103 cm³/mol. The molecule has 1 aliphatic heterocycles. The fourth-order valence-corrected chi connectivity index (χ4v) is 5.40. The van der Waals surface area contributed by atoms with Crippen LogP contribution in [0.1, 0.15) is 34.1 Å². The molecule has 0 unspecified atom stereocenters. The number of nitrogens with zero attached hydrogens (tertiary/aromatic N) is 1. The molecule has 25 heavy (non-hydrogen) atoms. The van der Waals surface area contributed by atoms with Gasteiger partial charge in [-0.15, -0.1) is 0 Å². The lowest BCUT2D eigenvalue weighted by Crippen LogP contribution is -2.41. The summed E-state index contributed by atoms with van der Waals surface area (Å²) in [4.78, 5) is 14.0. The summed E-state index contributed by atoms with van der Waals surface area (Å²) in [7, 11) is -3.71. The zero-order valence-electron chi connectivity index (χ0n) is 14.5. The summed E-state index contributed by atoms with van der Waals surface area (Å²) in [5, 5.41) is 0. The van der Waals surface area contributed by atoms with Crippen molar-refractivity contribution in [2.24, 2.45) is 0 Å². The normalized spacial score (nSPS) is 21.4. The van der Waals surface area contributed by atoms with Crippen molar-refractivity contribution in [2.45, 2.75) is 56.7 Å². The second-order valence-corrected chi connectivity index (χ2v) is 10.6. The van der Waals surface area contributed by atoms with Gasteiger partial charge in [0, 0.05) is 27.6 Å². The predicted octanol–water partition coefficient (Wildman–Crippen LogP) is 3.89. The molecule has 2 atom stereocenters. The highest BCUT2D eigenvalue weighted by Gasteiger charge is 2.37. The zero-order valence-corrected chi connectivity index (χ0v) is 18.5. The highest BCUT2D eigenvalue weighted by Crippen LogP contribution is 2.27. The van der Waals surface area contributed by atoms with Gasteiger partial charge in [0.1, 0.15) is 5.60 Å². The second-order valence-electron chi connectivity index (χ2n) is 7.11. The highest BCUT2D eigenvalue weighted by atomic mass is 79.9. The van der Waals surface area contributed by atoms with Crippen molar-refractivity contribution in [3.05, 3.63) is 27.1 Å². The molecule has 1 aromatic carbocycles. The Balaban J connectivity index is 2.11. The van der Waals surface area contributed by atoms with Gasteiger partial charge in [-0.3, -0.25) is 0 Å². The van der Waals surface area contributed by atoms with Crippen molar-refractivity contribution in [2.75, 3.05) is 6.54 Å². The van der Waals surface area contributed by atoms with Crippen LogP contribution in [0.25, 0.3) is 0 Å². The molecule has 1 fully saturated rings. The minimum absolute atomic E-state index is 0.103. The van der Waals surface area contributed by atoms with E-state index in [9.17, 15) is 13.2 Å². The monoisotopic (exact) mass is 496 g/mol. The molecule has 140 valence electrons. The molecule has 1 amide bonds. The lowest BCUT2D eigenvalue weighted by atomic mass is 10.2. The first kappa shape index (κ1) is 20.7. The topological polar surface area (TPSA) is 75.7 Å². The lowest BCUT2D eigenvalue weighted by Gasteiger charge is -2.26. The van der Waals surface area contributed by atoms with Crippen molar-refractivity contribution in [1.82, 2.24) is 9.62 Å². The van der Waals surface area contributed by atoms with Crippen LogP contribution in [0.5, 0.6) is 0 Å². The largest absolute Gasteiger partial charge is 0.444 e. The molecule has 1 N–H and O–H groups in total. The van der Waals surface area contributed by atoms with Gasteiger partial charge in [0.05, 0.1) is 4.90 Å². The maximum Gasteiger partial charge on any atom is 0.410 e. The van der Waals surface area contributed by atoms with Crippen molar-refractivity contribution >= 4 is 48.0 Å². The molecule has 0 aromatic heterocycles. The summed E-state index contributed by atoms with van der Waals surface area (Å²) in [6.07, 6.45) is 0.106. The number of carbonyl (C=O) groups is 1. The van der Waals surface area contributed by atoms with Crippen molar-refractivity contribution in [3.63, 3.8) is 0 Å². The quantitative estimate of drug-likeness (QED) is 0.687. The molecule has 1 saturated heterocycles. The Hall–Kier alpha value is -0.640. The smallest absolute Gasteiger partial charge is 0.410 e. The molecule has 2 rings (SSSR count). The van der Waals surface area contributed by atoms with E-state index in [1.54, 1.807) is 37.8 Å². The molecular formula is C16H22Br2N2O4S. The maximum absolute atomic E-state index is 12.7. The summed E-state index contributed by atoms with van der Waals surface area (Å²) in [6, 6.07) is 4.50. The SMILES string of the molecule is C[C@@H]1C[C@@H](NS(=O)(=O)c2cc(Br)ccc2Br)CN1C(=O)OC(C)(C)C. The molecule has 9 heteroatoms. The Morgan fingerprint density at radius 1 is 1.32 bits per heavy atom. The molecule has 1 aromatic rings. The number of likely N-dealkylation sites (tertiary alicyclic amines) is 1. The van der Waals surface area contributed by atoms with Gasteiger partial charge in [-0.1, -0.05) is 15.9 Å². The fraction of sp³-hybridized carbons (Fsp3) is 0.562. The van der Waals surface area contributed by atoms with Crippen molar-refractivity contribution in [1.29, 1.82) is 0 Å². The number of amides is 1. The fourth-order valence-electron chi connectivity index (χ4n) is 2.66. The standard InChI is InChI=1S/C16H22Br2N2O4S/c1-10-7-12(9-20(10)15(21)24-16(2,3)4)19-25(22,23)14-8-11(17)5-6-13(14)18/h5-6,8,10,12,19H,7,9H2,1-4H3/t10-,12-/m1/s1. The van der Waals surface area contributed by atoms with Crippen LogP contribution >= 0.6 is 31.9 Å². The number of hydrogen-bond donors (Lipinski definition) is 1. The van der Waals surface area contributed by atoms with E-state index < -0.39 is 21.7 Å². The van der Waals surface area contributed by atoms with Gasteiger partial charge >= 0.3 is 6.09 Å². The van der Waals surface area contributed by atoms with E-state index in [1.807, 2.05) is 6.92 Å². The average Bonchev–Trinajstić information content (AvgIpc) is 2.79. The third-order valence-corrected chi connectivity index (χ3v) is 6.71. The molecule has 0 bridgehead atoms. The number of rotatable bonds is 3. The van der Waals surface area contributed by atoms with E-state index in [-0.39, 0.29) is 23.5 Å². The van der Waals surface area contributed by atoms with Crippen LogP contribution in [0, 0.1) is 0 Å². The van der Waals surface area contributed by atoms with Crippen LogP contribution in [0.4, 0.5) is 4.79 Å². The number of nitrogens with one attached hydrogen (secondary N) is 1. The van der Waals surface area contributed by atoms with Gasteiger partial charge in [-0.2, -0.15) is 0 Å². The first-order valence-electron chi connectivity index (χ1n) is 7.86. The highest BCUT2D eigenvalue weighted by molar-refractivity contribution is 9.11. The van der Waals surface area contributed by atoms with E-state index in [4.69, 9.17) is 4.74 Å². The van der Waals surface area contributed by atoms with Gasteiger partial charge in [-0.05, 0) is 68.2 Å². The van der Waals surface area contributed by atoms with Gasteiger partial charge in [0.15, 0.2) is 0 Å². The number of hydrogen-bond acceptors (Lipinski definition) is 4. The summed E-state index contributed by atoms with van der Waals surface area (Å²) in [5.74, 6) is 0. The number of sulfonamides is 1. The van der Waals surface area contributed by atoms with Gasteiger partial charge in [0.25, 0.3) is 0 Å². The molecule has 1 heterocycles. The summed E-state index contributed by atoms with van der Waals surface area (Å²) in [5.41, 5.74) is -0.588. The maximum atomic E-state index is 12.7. The van der Waals surface area contributed by atoms with Crippen LogP contribution in [0.2, 0.25) is 0 Å². The minimum atomic E-state index is -3.71. The number of halogens is 2. The molecule has 0 aliphatic carbocycles. The Labute approximate surface area is 165 Å². The Kier molecular flexibility index (Phi) is 6.23. The number of benzene rings is 1. The van der Waals surface area contributed by atoms with E-state index in [1.165, 1.54) is 6.07 Å². The van der Waals surface area contributed by atoms with Crippen molar-refractivity contribution in [3.8, 4) is 0 Å². The molecular weight excluding hydrogens is 476 g/mol. The van der Waals surface area contributed by atoms with Gasteiger partial charge in [-0.25, -0.2) is 17.9 Å². The van der Waals surface area contributed by atoms with E-state index in [0.29, 0.717) is 15.4 Å². The summed E-state index contributed by atoms with van der Waals surface area (Å²) >= 11 is 6.56. The number of ether oxygens (including phenoxy) is 1. The third-order valence-electron chi connectivity index (χ3n) is 3.71.